The first-order valence-electron chi connectivity index (χ1n) is 8.29. The van der Waals surface area contributed by atoms with Crippen LogP contribution in [0.3, 0.4) is 0 Å². The summed E-state index contributed by atoms with van der Waals surface area (Å²) in [5.41, 5.74) is 2.64. The first kappa shape index (κ1) is 18.7. The third-order valence-corrected chi connectivity index (χ3v) is 4.01. The van der Waals surface area contributed by atoms with Gasteiger partial charge in [-0.25, -0.2) is 0 Å². The molecule has 2 amide bonds. The molecule has 0 saturated heterocycles. The monoisotopic (exact) mass is 340 g/mol. The van der Waals surface area contributed by atoms with E-state index < -0.39 is 12.1 Å². The molecule has 0 aliphatic carbocycles. The number of amides is 2. The van der Waals surface area contributed by atoms with Gasteiger partial charge < -0.3 is 15.7 Å². The number of carbonyl (C=O) groups is 2. The number of aryl methyl sites for hydroxylation is 1. The maximum absolute atomic E-state index is 12.3. The summed E-state index contributed by atoms with van der Waals surface area (Å²) in [6, 6.07) is 16.5. The van der Waals surface area contributed by atoms with Gasteiger partial charge in [-0.1, -0.05) is 54.6 Å². The topological polar surface area (TPSA) is 78.4 Å². The van der Waals surface area contributed by atoms with Gasteiger partial charge in [0.2, 0.25) is 11.8 Å². The predicted molar refractivity (Wildman–Crippen MR) is 96.8 cm³/mol. The molecule has 2 aromatic rings. The van der Waals surface area contributed by atoms with Gasteiger partial charge in [-0.05, 0) is 23.6 Å². The van der Waals surface area contributed by atoms with Crippen molar-refractivity contribution >= 4 is 11.8 Å². The first-order chi connectivity index (χ1) is 12.0. The molecule has 5 heteroatoms. The fourth-order valence-electron chi connectivity index (χ4n) is 2.72. The zero-order valence-corrected chi connectivity index (χ0v) is 14.5. The lowest BCUT2D eigenvalue weighted by molar-refractivity contribution is -0.123. The Morgan fingerprint density at radius 2 is 1.68 bits per heavy atom. The fourth-order valence-corrected chi connectivity index (χ4v) is 2.72. The van der Waals surface area contributed by atoms with Crippen molar-refractivity contribution in [1.82, 2.24) is 10.6 Å². The molecule has 0 fully saturated rings. The van der Waals surface area contributed by atoms with E-state index in [1.807, 2.05) is 61.5 Å². The Morgan fingerprint density at radius 3 is 2.32 bits per heavy atom. The number of carbonyl (C=O) groups excluding carboxylic acids is 2. The van der Waals surface area contributed by atoms with E-state index in [2.05, 4.69) is 10.6 Å². The lowest BCUT2D eigenvalue weighted by atomic mass is 10.0. The van der Waals surface area contributed by atoms with E-state index in [1.54, 1.807) is 0 Å². The van der Waals surface area contributed by atoms with Gasteiger partial charge in [-0.3, -0.25) is 9.59 Å². The minimum Gasteiger partial charge on any atom is -0.387 e. The molecule has 0 radical (unpaired) electrons. The number of hydrogen-bond donors (Lipinski definition) is 3. The number of benzene rings is 2. The van der Waals surface area contributed by atoms with Crippen molar-refractivity contribution in [3.8, 4) is 0 Å². The molecule has 0 aliphatic rings. The standard InChI is InChI=1S/C20H24N2O3/c1-14-8-6-7-11-17(14)19(24)13-21-20(25)12-18(22-15(2)23)16-9-4-3-5-10-16/h3-11,18-19,24H,12-13H2,1-2H3,(H,21,25)(H,22,23). The molecule has 0 aliphatic heterocycles. The summed E-state index contributed by atoms with van der Waals surface area (Å²) in [4.78, 5) is 23.7. The van der Waals surface area contributed by atoms with Crippen molar-refractivity contribution in [1.29, 1.82) is 0 Å². The van der Waals surface area contributed by atoms with Gasteiger partial charge in [0.25, 0.3) is 0 Å². The molecule has 2 unspecified atom stereocenters. The molecule has 2 atom stereocenters. The van der Waals surface area contributed by atoms with Crippen LogP contribution in [0, 0.1) is 6.92 Å². The van der Waals surface area contributed by atoms with Crippen molar-refractivity contribution in [2.45, 2.75) is 32.4 Å². The molecule has 2 rings (SSSR count). The summed E-state index contributed by atoms with van der Waals surface area (Å²) in [7, 11) is 0. The van der Waals surface area contributed by atoms with Crippen LogP contribution >= 0.6 is 0 Å². The van der Waals surface area contributed by atoms with Crippen LogP contribution in [0.15, 0.2) is 54.6 Å². The molecule has 0 aromatic heterocycles. The van der Waals surface area contributed by atoms with Crippen LogP contribution < -0.4 is 10.6 Å². The van der Waals surface area contributed by atoms with Gasteiger partial charge in [-0.2, -0.15) is 0 Å². The van der Waals surface area contributed by atoms with Crippen LogP contribution in [0.5, 0.6) is 0 Å². The number of aliphatic hydroxyl groups is 1. The molecular weight excluding hydrogens is 316 g/mol. The van der Waals surface area contributed by atoms with E-state index in [0.29, 0.717) is 0 Å². The zero-order chi connectivity index (χ0) is 18.2. The van der Waals surface area contributed by atoms with Crippen LogP contribution in [-0.2, 0) is 9.59 Å². The maximum atomic E-state index is 12.3. The smallest absolute Gasteiger partial charge is 0.222 e. The highest BCUT2D eigenvalue weighted by molar-refractivity contribution is 5.79. The van der Waals surface area contributed by atoms with Gasteiger partial charge in [0.05, 0.1) is 18.6 Å². The maximum Gasteiger partial charge on any atom is 0.222 e. The molecule has 132 valence electrons. The number of aliphatic hydroxyl groups excluding tert-OH is 1. The van der Waals surface area contributed by atoms with E-state index in [4.69, 9.17) is 0 Å². The number of hydrogen-bond acceptors (Lipinski definition) is 3. The van der Waals surface area contributed by atoms with Gasteiger partial charge in [0, 0.05) is 13.5 Å². The van der Waals surface area contributed by atoms with Gasteiger partial charge in [-0.15, -0.1) is 0 Å². The van der Waals surface area contributed by atoms with Crippen molar-refractivity contribution in [3.63, 3.8) is 0 Å². The lowest BCUT2D eigenvalue weighted by Crippen LogP contribution is -2.34. The van der Waals surface area contributed by atoms with E-state index in [0.717, 1.165) is 16.7 Å². The second-order valence-electron chi connectivity index (χ2n) is 6.04. The average molecular weight is 340 g/mol. The molecule has 0 spiro atoms. The number of rotatable bonds is 7. The van der Waals surface area contributed by atoms with E-state index in [9.17, 15) is 14.7 Å². The molecule has 2 aromatic carbocycles. The Labute approximate surface area is 148 Å². The van der Waals surface area contributed by atoms with Crippen LogP contribution in [0.4, 0.5) is 0 Å². The van der Waals surface area contributed by atoms with Gasteiger partial charge >= 0.3 is 0 Å². The third kappa shape index (κ3) is 5.72. The fraction of sp³-hybridized carbons (Fsp3) is 0.300. The Morgan fingerprint density at radius 1 is 1.04 bits per heavy atom. The third-order valence-electron chi connectivity index (χ3n) is 4.01. The normalized spacial score (nSPS) is 12.9. The minimum atomic E-state index is -0.763. The summed E-state index contributed by atoms with van der Waals surface area (Å²) in [6.07, 6.45) is -0.648. The SMILES string of the molecule is CC(=O)NC(CC(=O)NCC(O)c1ccccc1C)c1ccccc1. The summed E-state index contributed by atoms with van der Waals surface area (Å²) in [5.74, 6) is -0.420. The summed E-state index contributed by atoms with van der Waals surface area (Å²) < 4.78 is 0. The lowest BCUT2D eigenvalue weighted by Gasteiger charge is -2.19. The van der Waals surface area contributed by atoms with E-state index in [-0.39, 0.29) is 24.8 Å². The first-order valence-corrected chi connectivity index (χ1v) is 8.29. The molecule has 25 heavy (non-hydrogen) atoms. The van der Waals surface area contributed by atoms with E-state index >= 15 is 0 Å². The summed E-state index contributed by atoms with van der Waals surface area (Å²) in [6.45, 7) is 3.48. The molecule has 0 heterocycles. The van der Waals surface area contributed by atoms with Gasteiger partial charge in [0.1, 0.15) is 0 Å². The highest BCUT2D eigenvalue weighted by Crippen LogP contribution is 2.18. The summed E-state index contributed by atoms with van der Waals surface area (Å²) >= 11 is 0. The van der Waals surface area contributed by atoms with Crippen molar-refractivity contribution in [2.24, 2.45) is 0 Å². The van der Waals surface area contributed by atoms with Crippen LogP contribution in [0.1, 0.15) is 42.2 Å². The highest BCUT2D eigenvalue weighted by atomic mass is 16.3. The Hall–Kier alpha value is -2.66. The Balaban J connectivity index is 1.95. The largest absolute Gasteiger partial charge is 0.387 e. The van der Waals surface area contributed by atoms with Crippen LogP contribution in [0.2, 0.25) is 0 Å². The molecule has 0 bridgehead atoms. The highest BCUT2D eigenvalue weighted by Gasteiger charge is 2.18. The second-order valence-corrected chi connectivity index (χ2v) is 6.04. The van der Waals surface area contributed by atoms with E-state index in [1.165, 1.54) is 6.92 Å². The number of nitrogens with one attached hydrogen (secondary N) is 2. The Bertz CT molecular complexity index is 716. The zero-order valence-electron chi connectivity index (χ0n) is 14.5. The molecular formula is C20H24N2O3. The second kappa shape index (κ2) is 8.99. The Kier molecular flexibility index (Phi) is 6.71. The molecule has 0 saturated carbocycles. The minimum absolute atomic E-state index is 0.115. The molecule has 5 nitrogen and oxygen atoms in total. The quantitative estimate of drug-likeness (QED) is 0.724. The predicted octanol–water partition coefficient (Wildman–Crippen LogP) is 2.41. The van der Waals surface area contributed by atoms with Crippen molar-refractivity contribution in [3.05, 3.63) is 71.3 Å². The average Bonchev–Trinajstić information content (AvgIpc) is 2.60. The van der Waals surface area contributed by atoms with Crippen molar-refractivity contribution in [2.75, 3.05) is 6.54 Å². The molecule has 3 N–H and O–H groups in total. The van der Waals surface area contributed by atoms with Crippen LogP contribution in [0.25, 0.3) is 0 Å². The van der Waals surface area contributed by atoms with Crippen LogP contribution in [-0.4, -0.2) is 23.5 Å². The van der Waals surface area contributed by atoms with Gasteiger partial charge in [0.15, 0.2) is 0 Å². The summed E-state index contributed by atoms with van der Waals surface area (Å²) in [5, 5.41) is 15.8. The van der Waals surface area contributed by atoms with Crippen molar-refractivity contribution < 1.29 is 14.7 Å².